The SMILES string of the molecule is CCOc1ccc(CNC(=O)Cn2c(=O)c(=O)n(Cc3ccccc3)c3ccccc32)cc1. The highest BCUT2D eigenvalue weighted by atomic mass is 16.5. The maximum atomic E-state index is 12.9. The second-order valence-corrected chi connectivity index (χ2v) is 7.61. The third-order valence-electron chi connectivity index (χ3n) is 5.35. The first kappa shape index (κ1) is 22.1. The number of para-hydroxylation sites is 2. The Labute approximate surface area is 190 Å². The molecule has 0 saturated heterocycles. The predicted molar refractivity (Wildman–Crippen MR) is 127 cm³/mol. The summed E-state index contributed by atoms with van der Waals surface area (Å²) >= 11 is 0. The molecule has 0 radical (unpaired) electrons. The molecule has 3 aromatic carbocycles. The van der Waals surface area contributed by atoms with E-state index in [-0.39, 0.29) is 19.0 Å². The summed E-state index contributed by atoms with van der Waals surface area (Å²) in [5.74, 6) is 0.415. The monoisotopic (exact) mass is 443 g/mol. The first-order valence-electron chi connectivity index (χ1n) is 10.8. The van der Waals surface area contributed by atoms with E-state index >= 15 is 0 Å². The van der Waals surface area contributed by atoms with Crippen molar-refractivity contribution in [2.75, 3.05) is 6.61 Å². The average molecular weight is 444 g/mol. The number of carbonyl (C=O) groups is 1. The molecule has 4 aromatic rings. The first-order valence-corrected chi connectivity index (χ1v) is 10.8. The van der Waals surface area contributed by atoms with Gasteiger partial charge in [-0.05, 0) is 42.3 Å². The van der Waals surface area contributed by atoms with Gasteiger partial charge in [-0.15, -0.1) is 0 Å². The molecule has 0 atom stereocenters. The molecule has 1 amide bonds. The minimum absolute atomic E-state index is 0.238. The largest absolute Gasteiger partial charge is 0.494 e. The lowest BCUT2D eigenvalue weighted by Gasteiger charge is -2.15. The first-order chi connectivity index (χ1) is 16.1. The van der Waals surface area contributed by atoms with Crippen LogP contribution in [0.1, 0.15) is 18.1 Å². The lowest BCUT2D eigenvalue weighted by atomic mass is 10.2. The van der Waals surface area contributed by atoms with Gasteiger partial charge in [0.2, 0.25) is 5.91 Å². The standard InChI is InChI=1S/C26H25N3O4/c1-2-33-21-14-12-19(13-15-21)16-27-24(30)18-29-23-11-7-6-10-22(23)28(25(31)26(29)32)17-20-8-4-3-5-9-20/h3-15H,2,16-18H2,1H3,(H,27,30). The van der Waals surface area contributed by atoms with E-state index in [1.54, 1.807) is 18.2 Å². The molecule has 0 aliphatic rings. The van der Waals surface area contributed by atoms with Gasteiger partial charge < -0.3 is 10.1 Å². The highest BCUT2D eigenvalue weighted by molar-refractivity contribution is 5.80. The molecule has 33 heavy (non-hydrogen) atoms. The van der Waals surface area contributed by atoms with E-state index in [2.05, 4.69) is 5.32 Å². The van der Waals surface area contributed by atoms with Gasteiger partial charge in [-0.2, -0.15) is 0 Å². The Bertz CT molecular complexity index is 1370. The molecule has 1 heterocycles. The van der Waals surface area contributed by atoms with Crippen LogP contribution in [0.5, 0.6) is 5.75 Å². The number of hydrogen-bond donors (Lipinski definition) is 1. The van der Waals surface area contributed by atoms with E-state index in [0.717, 1.165) is 16.9 Å². The normalized spacial score (nSPS) is 10.8. The number of amides is 1. The van der Waals surface area contributed by atoms with E-state index in [4.69, 9.17) is 4.74 Å². The Balaban J connectivity index is 1.57. The quantitative estimate of drug-likeness (QED) is 0.425. The van der Waals surface area contributed by atoms with Gasteiger partial charge in [0.05, 0.1) is 24.2 Å². The molecule has 7 heteroatoms. The number of benzene rings is 3. The molecular weight excluding hydrogens is 418 g/mol. The van der Waals surface area contributed by atoms with Crippen molar-refractivity contribution in [2.45, 2.75) is 26.6 Å². The van der Waals surface area contributed by atoms with Crippen LogP contribution in [0, 0.1) is 0 Å². The molecule has 1 N–H and O–H groups in total. The van der Waals surface area contributed by atoms with Crippen molar-refractivity contribution in [3.05, 3.63) is 111 Å². The topological polar surface area (TPSA) is 82.3 Å². The van der Waals surface area contributed by atoms with Gasteiger partial charge >= 0.3 is 11.1 Å². The van der Waals surface area contributed by atoms with Crippen molar-refractivity contribution in [1.82, 2.24) is 14.5 Å². The summed E-state index contributed by atoms with van der Waals surface area (Å²) in [6, 6.07) is 24.0. The summed E-state index contributed by atoms with van der Waals surface area (Å²) in [7, 11) is 0. The lowest BCUT2D eigenvalue weighted by Crippen LogP contribution is -2.44. The molecule has 0 bridgehead atoms. The zero-order valence-electron chi connectivity index (χ0n) is 18.4. The van der Waals surface area contributed by atoms with E-state index in [1.807, 2.05) is 67.6 Å². The maximum absolute atomic E-state index is 12.9. The van der Waals surface area contributed by atoms with Crippen molar-refractivity contribution in [3.63, 3.8) is 0 Å². The number of hydrogen-bond acceptors (Lipinski definition) is 4. The molecule has 7 nitrogen and oxygen atoms in total. The number of fused-ring (bicyclic) bond motifs is 1. The van der Waals surface area contributed by atoms with Crippen LogP contribution in [-0.4, -0.2) is 21.6 Å². The third-order valence-corrected chi connectivity index (χ3v) is 5.35. The fourth-order valence-electron chi connectivity index (χ4n) is 3.72. The van der Waals surface area contributed by atoms with Crippen LogP contribution >= 0.6 is 0 Å². The van der Waals surface area contributed by atoms with Crippen molar-refractivity contribution < 1.29 is 9.53 Å². The molecule has 0 fully saturated rings. The van der Waals surface area contributed by atoms with Gasteiger partial charge in [-0.1, -0.05) is 54.6 Å². The number of aromatic nitrogens is 2. The third kappa shape index (κ3) is 5.03. The van der Waals surface area contributed by atoms with Crippen molar-refractivity contribution in [3.8, 4) is 5.75 Å². The Morgan fingerprint density at radius 2 is 1.39 bits per heavy atom. The zero-order valence-corrected chi connectivity index (χ0v) is 18.4. The Kier molecular flexibility index (Phi) is 6.69. The highest BCUT2D eigenvalue weighted by Crippen LogP contribution is 2.13. The summed E-state index contributed by atoms with van der Waals surface area (Å²) in [6.07, 6.45) is 0. The molecule has 0 unspecified atom stereocenters. The summed E-state index contributed by atoms with van der Waals surface area (Å²) in [4.78, 5) is 38.5. The number of nitrogens with one attached hydrogen (secondary N) is 1. The number of ether oxygens (including phenoxy) is 1. The van der Waals surface area contributed by atoms with Gasteiger partial charge in [-0.25, -0.2) is 0 Å². The Morgan fingerprint density at radius 1 is 0.788 bits per heavy atom. The second kappa shape index (κ2) is 9.99. The molecule has 0 spiro atoms. The van der Waals surface area contributed by atoms with E-state index in [0.29, 0.717) is 24.2 Å². The van der Waals surface area contributed by atoms with Gasteiger partial charge in [0.15, 0.2) is 0 Å². The fraction of sp³-hybridized carbons (Fsp3) is 0.192. The van der Waals surface area contributed by atoms with Crippen molar-refractivity contribution >= 4 is 16.9 Å². The fourth-order valence-corrected chi connectivity index (χ4v) is 3.72. The summed E-state index contributed by atoms with van der Waals surface area (Å²) in [6.45, 7) is 2.85. The van der Waals surface area contributed by atoms with Crippen LogP contribution in [0.4, 0.5) is 0 Å². The molecule has 168 valence electrons. The smallest absolute Gasteiger partial charge is 0.317 e. The van der Waals surface area contributed by atoms with E-state index in [1.165, 1.54) is 9.13 Å². The van der Waals surface area contributed by atoms with Crippen LogP contribution < -0.4 is 21.2 Å². The number of carbonyl (C=O) groups excluding carboxylic acids is 1. The van der Waals surface area contributed by atoms with Crippen LogP contribution in [0.2, 0.25) is 0 Å². The van der Waals surface area contributed by atoms with Crippen LogP contribution in [-0.2, 0) is 24.4 Å². The molecule has 0 aliphatic heterocycles. The molecule has 0 aliphatic carbocycles. The molecule has 4 rings (SSSR count). The van der Waals surface area contributed by atoms with Gasteiger partial charge in [0.1, 0.15) is 12.3 Å². The minimum Gasteiger partial charge on any atom is -0.494 e. The van der Waals surface area contributed by atoms with Crippen molar-refractivity contribution in [2.24, 2.45) is 0 Å². The van der Waals surface area contributed by atoms with Gasteiger partial charge in [0, 0.05) is 6.54 Å². The Morgan fingerprint density at radius 3 is 2.06 bits per heavy atom. The van der Waals surface area contributed by atoms with Crippen LogP contribution in [0.3, 0.4) is 0 Å². The average Bonchev–Trinajstić information content (AvgIpc) is 2.85. The molecule has 1 aromatic heterocycles. The molecule has 0 saturated carbocycles. The maximum Gasteiger partial charge on any atom is 0.317 e. The van der Waals surface area contributed by atoms with E-state index < -0.39 is 11.1 Å². The van der Waals surface area contributed by atoms with Gasteiger partial charge in [-0.3, -0.25) is 23.5 Å². The Hall–Kier alpha value is -4.13. The number of nitrogens with zero attached hydrogens (tertiary/aromatic N) is 2. The highest BCUT2D eigenvalue weighted by Gasteiger charge is 2.15. The lowest BCUT2D eigenvalue weighted by molar-refractivity contribution is -0.121. The van der Waals surface area contributed by atoms with Crippen LogP contribution in [0.25, 0.3) is 11.0 Å². The summed E-state index contributed by atoms with van der Waals surface area (Å²) in [5, 5.41) is 2.82. The molecular formula is C26H25N3O4. The number of rotatable bonds is 8. The van der Waals surface area contributed by atoms with Crippen LogP contribution in [0.15, 0.2) is 88.5 Å². The second-order valence-electron chi connectivity index (χ2n) is 7.61. The minimum atomic E-state index is -0.721. The summed E-state index contributed by atoms with van der Waals surface area (Å²) < 4.78 is 8.12. The van der Waals surface area contributed by atoms with Gasteiger partial charge in [0.25, 0.3) is 0 Å². The zero-order chi connectivity index (χ0) is 23.2. The van der Waals surface area contributed by atoms with E-state index in [9.17, 15) is 14.4 Å². The van der Waals surface area contributed by atoms with Crippen molar-refractivity contribution in [1.29, 1.82) is 0 Å². The predicted octanol–water partition coefficient (Wildman–Crippen LogP) is 2.93. The summed E-state index contributed by atoms with van der Waals surface area (Å²) in [5.41, 5.74) is 1.58.